The van der Waals surface area contributed by atoms with Gasteiger partial charge in [0.2, 0.25) is 5.91 Å². The number of amides is 2. The zero-order valence-corrected chi connectivity index (χ0v) is 13.5. The summed E-state index contributed by atoms with van der Waals surface area (Å²) in [5.74, 6) is -0.286. The largest absolute Gasteiger partial charge is 0.444 e. The zero-order valence-electron chi connectivity index (χ0n) is 13.5. The van der Waals surface area contributed by atoms with Gasteiger partial charge in [-0.05, 0) is 64.8 Å². The molecule has 5 heteroatoms. The number of benzene rings is 1. The van der Waals surface area contributed by atoms with E-state index in [1.54, 1.807) is 27.7 Å². The first-order valence-corrected chi connectivity index (χ1v) is 6.95. The Labute approximate surface area is 126 Å². The first-order chi connectivity index (χ1) is 9.56. The highest BCUT2D eigenvalue weighted by Crippen LogP contribution is 2.14. The van der Waals surface area contributed by atoms with Crippen LogP contribution in [0.1, 0.15) is 38.8 Å². The molecule has 0 heterocycles. The number of carbonyl (C=O) groups is 2. The second-order valence-electron chi connectivity index (χ2n) is 6.23. The molecule has 0 saturated carbocycles. The Morgan fingerprint density at radius 3 is 2.10 bits per heavy atom. The van der Waals surface area contributed by atoms with Crippen molar-refractivity contribution in [3.8, 4) is 0 Å². The van der Waals surface area contributed by atoms with Crippen molar-refractivity contribution in [3.63, 3.8) is 0 Å². The number of ether oxygens (including phenoxy) is 1. The van der Waals surface area contributed by atoms with E-state index >= 15 is 0 Å². The lowest BCUT2D eigenvalue weighted by atomic mass is 10.1. The van der Waals surface area contributed by atoms with Gasteiger partial charge in [-0.15, -0.1) is 0 Å². The predicted molar refractivity (Wildman–Crippen MR) is 83.4 cm³/mol. The summed E-state index contributed by atoms with van der Waals surface area (Å²) in [5.41, 5.74) is 2.26. The summed E-state index contributed by atoms with van der Waals surface area (Å²) in [6.45, 7) is 10.9. The van der Waals surface area contributed by atoms with Gasteiger partial charge in [-0.25, -0.2) is 4.79 Å². The molecule has 0 saturated heterocycles. The van der Waals surface area contributed by atoms with Crippen LogP contribution in [0.4, 0.5) is 10.5 Å². The maximum atomic E-state index is 12.1. The molecule has 1 unspecified atom stereocenters. The second-order valence-corrected chi connectivity index (χ2v) is 6.23. The van der Waals surface area contributed by atoms with Gasteiger partial charge in [-0.1, -0.05) is 6.07 Å². The molecule has 2 N–H and O–H groups in total. The summed E-state index contributed by atoms with van der Waals surface area (Å²) in [7, 11) is 0. The average Bonchev–Trinajstić information content (AvgIpc) is 2.24. The van der Waals surface area contributed by atoms with Crippen molar-refractivity contribution < 1.29 is 14.3 Å². The molecule has 1 aromatic rings. The lowest BCUT2D eigenvalue weighted by Gasteiger charge is -2.21. The van der Waals surface area contributed by atoms with Gasteiger partial charge in [0.25, 0.3) is 0 Å². The van der Waals surface area contributed by atoms with Crippen LogP contribution in [0.5, 0.6) is 0 Å². The summed E-state index contributed by atoms with van der Waals surface area (Å²) in [5, 5.41) is 5.29. The minimum Gasteiger partial charge on any atom is -0.444 e. The van der Waals surface area contributed by atoms with Crippen molar-refractivity contribution in [3.05, 3.63) is 29.3 Å². The quantitative estimate of drug-likeness (QED) is 0.899. The van der Waals surface area contributed by atoms with Crippen LogP contribution in [0.15, 0.2) is 18.2 Å². The molecule has 0 aliphatic carbocycles. The molecule has 1 atom stereocenters. The maximum Gasteiger partial charge on any atom is 0.408 e. The molecule has 21 heavy (non-hydrogen) atoms. The third-order valence-electron chi connectivity index (χ3n) is 2.62. The van der Waals surface area contributed by atoms with Gasteiger partial charge in [0.15, 0.2) is 0 Å². The van der Waals surface area contributed by atoms with Crippen LogP contribution in [-0.2, 0) is 9.53 Å². The fraction of sp³-hybridized carbons (Fsp3) is 0.500. The number of carbonyl (C=O) groups excluding carboxylic acids is 2. The van der Waals surface area contributed by atoms with E-state index in [4.69, 9.17) is 4.74 Å². The van der Waals surface area contributed by atoms with Gasteiger partial charge in [-0.2, -0.15) is 0 Å². The highest BCUT2D eigenvalue weighted by atomic mass is 16.6. The Balaban J connectivity index is 2.60. The summed E-state index contributed by atoms with van der Waals surface area (Å²) in [4.78, 5) is 23.7. The number of hydrogen-bond donors (Lipinski definition) is 2. The summed E-state index contributed by atoms with van der Waals surface area (Å²) in [6.07, 6.45) is -0.606. The number of anilines is 1. The molecule has 0 radical (unpaired) electrons. The Morgan fingerprint density at radius 2 is 1.62 bits per heavy atom. The highest BCUT2D eigenvalue weighted by molar-refractivity contribution is 5.96. The molecular formula is C16H24N2O3. The SMILES string of the molecule is Cc1cc(C)cc(NC(=O)C(C)NC(=O)OC(C)(C)C)c1. The van der Waals surface area contributed by atoms with Crippen molar-refractivity contribution in [2.75, 3.05) is 5.32 Å². The molecule has 0 aliphatic rings. The molecule has 0 aliphatic heterocycles. The van der Waals surface area contributed by atoms with Gasteiger partial charge in [0.05, 0.1) is 0 Å². The summed E-state index contributed by atoms with van der Waals surface area (Å²) >= 11 is 0. The average molecular weight is 292 g/mol. The monoisotopic (exact) mass is 292 g/mol. The van der Waals surface area contributed by atoms with Crippen LogP contribution in [0.3, 0.4) is 0 Å². The third kappa shape index (κ3) is 6.29. The molecule has 0 fully saturated rings. The van der Waals surface area contributed by atoms with E-state index in [1.165, 1.54) is 0 Å². The number of hydrogen-bond acceptors (Lipinski definition) is 3. The maximum absolute atomic E-state index is 12.1. The zero-order chi connectivity index (χ0) is 16.2. The summed E-state index contributed by atoms with van der Waals surface area (Å²) < 4.78 is 5.12. The minimum absolute atomic E-state index is 0.286. The molecule has 1 rings (SSSR count). The smallest absolute Gasteiger partial charge is 0.408 e. The first kappa shape index (κ1) is 17.0. The topological polar surface area (TPSA) is 67.4 Å². The fourth-order valence-electron chi connectivity index (χ4n) is 1.85. The van der Waals surface area contributed by atoms with Crippen LogP contribution in [0.25, 0.3) is 0 Å². The van der Waals surface area contributed by atoms with E-state index in [9.17, 15) is 9.59 Å². The van der Waals surface area contributed by atoms with Gasteiger partial charge >= 0.3 is 6.09 Å². The number of rotatable bonds is 3. The Morgan fingerprint density at radius 1 is 1.10 bits per heavy atom. The van der Waals surface area contributed by atoms with Crippen LogP contribution >= 0.6 is 0 Å². The molecule has 0 aromatic heterocycles. The van der Waals surface area contributed by atoms with Gasteiger partial charge < -0.3 is 15.4 Å². The van der Waals surface area contributed by atoms with Crippen LogP contribution in [0, 0.1) is 13.8 Å². The number of nitrogens with one attached hydrogen (secondary N) is 2. The highest BCUT2D eigenvalue weighted by Gasteiger charge is 2.21. The fourth-order valence-corrected chi connectivity index (χ4v) is 1.85. The number of alkyl carbamates (subject to hydrolysis) is 1. The van der Waals surface area contributed by atoms with Crippen LogP contribution < -0.4 is 10.6 Å². The Hall–Kier alpha value is -2.04. The van der Waals surface area contributed by atoms with Crippen LogP contribution in [0.2, 0.25) is 0 Å². The van der Waals surface area contributed by atoms with E-state index in [0.717, 1.165) is 16.8 Å². The van der Waals surface area contributed by atoms with Gasteiger partial charge in [0, 0.05) is 5.69 Å². The van der Waals surface area contributed by atoms with E-state index in [1.807, 2.05) is 32.0 Å². The van der Waals surface area contributed by atoms with Gasteiger partial charge in [0.1, 0.15) is 11.6 Å². The lowest BCUT2D eigenvalue weighted by molar-refractivity contribution is -0.117. The van der Waals surface area contributed by atoms with Crippen molar-refractivity contribution in [1.82, 2.24) is 5.32 Å². The second kappa shape index (κ2) is 6.61. The minimum atomic E-state index is -0.680. The molecule has 5 nitrogen and oxygen atoms in total. The van der Waals surface area contributed by atoms with Crippen LogP contribution in [-0.4, -0.2) is 23.6 Å². The van der Waals surface area contributed by atoms with E-state index in [0.29, 0.717) is 0 Å². The third-order valence-corrected chi connectivity index (χ3v) is 2.62. The van der Waals surface area contributed by atoms with E-state index in [2.05, 4.69) is 10.6 Å². The molecule has 116 valence electrons. The molecule has 0 spiro atoms. The molecule has 0 bridgehead atoms. The molecular weight excluding hydrogens is 268 g/mol. The van der Waals surface area contributed by atoms with Crippen molar-refractivity contribution in [1.29, 1.82) is 0 Å². The van der Waals surface area contributed by atoms with E-state index < -0.39 is 17.7 Å². The summed E-state index contributed by atoms with van der Waals surface area (Å²) in [6, 6.07) is 5.11. The Bertz CT molecular complexity index is 513. The van der Waals surface area contributed by atoms with Crippen molar-refractivity contribution in [2.45, 2.75) is 53.2 Å². The first-order valence-electron chi connectivity index (χ1n) is 6.95. The molecule has 1 aromatic carbocycles. The van der Waals surface area contributed by atoms with E-state index in [-0.39, 0.29) is 5.91 Å². The standard InChI is InChI=1S/C16H24N2O3/c1-10-7-11(2)9-13(8-10)18-14(19)12(3)17-15(20)21-16(4,5)6/h7-9,12H,1-6H3,(H,17,20)(H,18,19). The molecule has 2 amide bonds. The van der Waals surface area contributed by atoms with Crippen molar-refractivity contribution >= 4 is 17.7 Å². The normalized spacial score (nSPS) is 12.5. The Kier molecular flexibility index (Phi) is 5.35. The van der Waals surface area contributed by atoms with Gasteiger partial charge in [-0.3, -0.25) is 4.79 Å². The predicted octanol–water partition coefficient (Wildman–Crippen LogP) is 3.16. The lowest BCUT2D eigenvalue weighted by Crippen LogP contribution is -2.43. The number of aryl methyl sites for hydroxylation is 2. The van der Waals surface area contributed by atoms with Crippen molar-refractivity contribution in [2.24, 2.45) is 0 Å².